The normalized spacial score (nSPS) is 10.3. The first kappa shape index (κ1) is 18.6. The van der Waals surface area contributed by atoms with Crippen molar-refractivity contribution in [1.82, 2.24) is 0 Å². The third-order valence-corrected chi connectivity index (χ3v) is 4.31. The number of thioether (sulfide) groups is 1. The standard InChI is InChI=1S/C17H15Cl2NO3S/c1-10(21)14-6-11(18)7-15(19)17(14)23-9-16(22)20-12-4-3-5-13(8-12)24-2/h3-8H,9H2,1-2H3,(H,20,22). The number of carbonyl (C=O) groups excluding carboxylic acids is 2. The van der Waals surface area contributed by atoms with Crippen molar-refractivity contribution in [2.24, 2.45) is 0 Å². The van der Waals surface area contributed by atoms with Crippen molar-refractivity contribution in [3.05, 3.63) is 52.0 Å². The number of Topliss-reactive ketones (excluding diaryl/α,β-unsaturated/α-hetero) is 1. The minimum atomic E-state index is -0.353. The Morgan fingerprint density at radius 2 is 1.96 bits per heavy atom. The summed E-state index contributed by atoms with van der Waals surface area (Å²) in [5.74, 6) is -0.446. The van der Waals surface area contributed by atoms with E-state index in [2.05, 4.69) is 5.32 Å². The van der Waals surface area contributed by atoms with E-state index in [4.69, 9.17) is 27.9 Å². The summed E-state index contributed by atoms with van der Waals surface area (Å²) >= 11 is 13.5. The van der Waals surface area contributed by atoms with Gasteiger partial charge in [-0.15, -0.1) is 11.8 Å². The first-order valence-corrected chi connectivity index (χ1v) is 8.95. The summed E-state index contributed by atoms with van der Waals surface area (Å²) in [6.45, 7) is 1.11. The number of carbonyl (C=O) groups is 2. The van der Waals surface area contributed by atoms with Crippen LogP contribution in [-0.2, 0) is 4.79 Å². The number of amides is 1. The van der Waals surface area contributed by atoms with Gasteiger partial charge in [-0.2, -0.15) is 0 Å². The van der Waals surface area contributed by atoms with Crippen molar-refractivity contribution in [3.8, 4) is 5.75 Å². The predicted octanol–water partition coefficient (Wildman–Crippen LogP) is 4.94. The molecule has 0 spiro atoms. The van der Waals surface area contributed by atoms with Gasteiger partial charge in [-0.05, 0) is 43.5 Å². The van der Waals surface area contributed by atoms with Crippen LogP contribution in [0.2, 0.25) is 10.0 Å². The molecule has 126 valence electrons. The molecular formula is C17H15Cl2NO3S. The molecule has 0 aliphatic heterocycles. The molecule has 0 fully saturated rings. The molecule has 0 saturated heterocycles. The van der Waals surface area contributed by atoms with Gasteiger partial charge in [0, 0.05) is 15.6 Å². The van der Waals surface area contributed by atoms with Crippen molar-refractivity contribution >= 4 is 52.3 Å². The van der Waals surface area contributed by atoms with Crippen LogP contribution in [0.3, 0.4) is 0 Å². The average Bonchev–Trinajstić information content (AvgIpc) is 2.53. The predicted molar refractivity (Wildman–Crippen MR) is 98.8 cm³/mol. The molecule has 0 atom stereocenters. The third kappa shape index (κ3) is 4.90. The number of benzene rings is 2. The van der Waals surface area contributed by atoms with Gasteiger partial charge in [0.1, 0.15) is 5.75 Å². The maximum absolute atomic E-state index is 12.0. The van der Waals surface area contributed by atoms with E-state index in [1.54, 1.807) is 17.8 Å². The van der Waals surface area contributed by atoms with Gasteiger partial charge in [-0.25, -0.2) is 0 Å². The second-order valence-corrected chi connectivity index (χ2v) is 6.61. The first-order valence-electron chi connectivity index (χ1n) is 6.97. The second-order valence-electron chi connectivity index (χ2n) is 4.89. The van der Waals surface area contributed by atoms with Crippen LogP contribution in [-0.4, -0.2) is 24.6 Å². The Bertz CT molecular complexity index is 780. The van der Waals surface area contributed by atoms with Crippen LogP contribution >= 0.6 is 35.0 Å². The number of rotatable bonds is 6. The molecule has 2 rings (SSSR count). The lowest BCUT2D eigenvalue weighted by Crippen LogP contribution is -2.21. The molecule has 2 aromatic carbocycles. The van der Waals surface area contributed by atoms with E-state index in [1.807, 2.05) is 24.5 Å². The van der Waals surface area contributed by atoms with Crippen LogP contribution in [0.1, 0.15) is 17.3 Å². The summed E-state index contributed by atoms with van der Waals surface area (Å²) < 4.78 is 5.45. The van der Waals surface area contributed by atoms with Crippen LogP contribution in [0.15, 0.2) is 41.3 Å². The summed E-state index contributed by atoms with van der Waals surface area (Å²) in [5, 5.41) is 3.25. The first-order chi connectivity index (χ1) is 11.4. The van der Waals surface area contributed by atoms with E-state index < -0.39 is 0 Å². The van der Waals surface area contributed by atoms with E-state index in [-0.39, 0.29) is 34.6 Å². The average molecular weight is 384 g/mol. The maximum atomic E-state index is 12.0. The van der Waals surface area contributed by atoms with Crippen molar-refractivity contribution < 1.29 is 14.3 Å². The van der Waals surface area contributed by atoms with Gasteiger partial charge in [0.05, 0.1) is 10.6 Å². The van der Waals surface area contributed by atoms with Gasteiger partial charge in [-0.3, -0.25) is 9.59 Å². The van der Waals surface area contributed by atoms with Crippen LogP contribution < -0.4 is 10.1 Å². The molecular weight excluding hydrogens is 369 g/mol. The van der Waals surface area contributed by atoms with Crippen molar-refractivity contribution in [2.45, 2.75) is 11.8 Å². The van der Waals surface area contributed by atoms with Gasteiger partial charge in [0.15, 0.2) is 12.4 Å². The Hall–Kier alpha value is -1.69. The Labute approximate surface area is 154 Å². The fourth-order valence-corrected chi connectivity index (χ4v) is 3.01. The molecule has 0 unspecified atom stereocenters. The Morgan fingerprint density at radius 1 is 1.21 bits per heavy atom. The fraction of sp³-hybridized carbons (Fsp3) is 0.176. The zero-order valence-corrected chi connectivity index (χ0v) is 15.4. The Kier molecular flexibility index (Phi) is 6.54. The quantitative estimate of drug-likeness (QED) is 0.567. The van der Waals surface area contributed by atoms with Crippen molar-refractivity contribution in [1.29, 1.82) is 0 Å². The zero-order valence-electron chi connectivity index (χ0n) is 13.1. The summed E-state index contributed by atoms with van der Waals surface area (Å²) in [6.07, 6.45) is 1.95. The SMILES string of the molecule is CSc1cccc(NC(=O)COc2c(Cl)cc(Cl)cc2C(C)=O)c1. The molecule has 1 amide bonds. The highest BCUT2D eigenvalue weighted by Gasteiger charge is 2.16. The highest BCUT2D eigenvalue weighted by molar-refractivity contribution is 7.98. The van der Waals surface area contributed by atoms with E-state index >= 15 is 0 Å². The smallest absolute Gasteiger partial charge is 0.262 e. The van der Waals surface area contributed by atoms with Gasteiger partial charge in [0.25, 0.3) is 5.91 Å². The molecule has 0 heterocycles. The Morgan fingerprint density at radius 3 is 2.62 bits per heavy atom. The highest BCUT2D eigenvalue weighted by atomic mass is 35.5. The lowest BCUT2D eigenvalue weighted by Gasteiger charge is -2.12. The van der Waals surface area contributed by atoms with E-state index in [9.17, 15) is 9.59 Å². The molecule has 24 heavy (non-hydrogen) atoms. The minimum Gasteiger partial charge on any atom is -0.481 e. The monoisotopic (exact) mass is 383 g/mol. The van der Waals surface area contributed by atoms with Gasteiger partial charge >= 0.3 is 0 Å². The number of halogens is 2. The number of hydrogen-bond donors (Lipinski definition) is 1. The maximum Gasteiger partial charge on any atom is 0.262 e. The molecule has 0 saturated carbocycles. The lowest BCUT2D eigenvalue weighted by molar-refractivity contribution is -0.118. The van der Waals surface area contributed by atoms with Crippen LogP contribution in [0.5, 0.6) is 5.75 Å². The number of ketones is 1. The van der Waals surface area contributed by atoms with Gasteiger partial charge < -0.3 is 10.1 Å². The highest BCUT2D eigenvalue weighted by Crippen LogP contribution is 2.32. The topological polar surface area (TPSA) is 55.4 Å². The molecule has 0 radical (unpaired) electrons. The molecule has 2 aromatic rings. The molecule has 0 aromatic heterocycles. The van der Waals surface area contributed by atoms with Crippen LogP contribution in [0.25, 0.3) is 0 Å². The number of nitrogens with one attached hydrogen (secondary N) is 1. The number of ether oxygens (including phenoxy) is 1. The second kappa shape index (κ2) is 8.42. The molecule has 4 nitrogen and oxygen atoms in total. The lowest BCUT2D eigenvalue weighted by atomic mass is 10.1. The number of hydrogen-bond acceptors (Lipinski definition) is 4. The molecule has 0 bridgehead atoms. The summed E-state index contributed by atoms with van der Waals surface area (Å²) in [5.41, 5.74) is 0.911. The van der Waals surface area contributed by atoms with Crippen LogP contribution in [0, 0.1) is 0 Å². The zero-order chi connectivity index (χ0) is 17.7. The van der Waals surface area contributed by atoms with Gasteiger partial charge in [-0.1, -0.05) is 29.3 Å². The van der Waals surface area contributed by atoms with Crippen molar-refractivity contribution in [3.63, 3.8) is 0 Å². The van der Waals surface area contributed by atoms with E-state index in [0.29, 0.717) is 10.7 Å². The molecule has 0 aliphatic rings. The summed E-state index contributed by atoms with van der Waals surface area (Å²) in [7, 11) is 0. The van der Waals surface area contributed by atoms with Crippen LogP contribution in [0.4, 0.5) is 5.69 Å². The molecule has 0 aliphatic carbocycles. The van der Waals surface area contributed by atoms with Gasteiger partial charge in [0.2, 0.25) is 0 Å². The minimum absolute atomic E-state index is 0.154. The number of anilines is 1. The summed E-state index contributed by atoms with van der Waals surface area (Å²) in [4.78, 5) is 24.8. The van der Waals surface area contributed by atoms with E-state index in [1.165, 1.54) is 19.1 Å². The molecule has 1 N–H and O–H groups in total. The Balaban J connectivity index is 2.08. The van der Waals surface area contributed by atoms with Crippen molar-refractivity contribution in [2.75, 3.05) is 18.2 Å². The molecule has 7 heteroatoms. The fourth-order valence-electron chi connectivity index (χ4n) is 2.00. The summed E-state index contributed by atoms with van der Waals surface area (Å²) in [6, 6.07) is 10.4. The largest absolute Gasteiger partial charge is 0.481 e. The third-order valence-electron chi connectivity index (χ3n) is 3.09. The van der Waals surface area contributed by atoms with E-state index in [0.717, 1.165) is 4.90 Å².